The smallest absolute Gasteiger partial charge is 0.156 e. The van der Waals surface area contributed by atoms with E-state index in [1.54, 1.807) is 11.8 Å². The number of hydrogen-bond acceptors (Lipinski definition) is 4. The monoisotopic (exact) mass is 197 g/mol. The predicted octanol–water partition coefficient (Wildman–Crippen LogP) is 1.47. The molecule has 2 rings (SSSR count). The molecule has 0 spiro atoms. The Kier molecular flexibility index (Phi) is 2.26. The molecule has 1 aliphatic heterocycles. The predicted molar refractivity (Wildman–Crippen MR) is 51.8 cm³/mol. The van der Waals surface area contributed by atoms with Gasteiger partial charge in [0.1, 0.15) is 0 Å². The normalized spacial score (nSPS) is 17.0. The van der Waals surface area contributed by atoms with E-state index in [1.165, 1.54) is 0 Å². The first-order valence-electron chi connectivity index (χ1n) is 4.14. The highest BCUT2D eigenvalue weighted by Gasteiger charge is 2.18. The van der Waals surface area contributed by atoms with E-state index < -0.39 is 0 Å². The summed E-state index contributed by atoms with van der Waals surface area (Å²) < 4.78 is 5.08. The fraction of sp³-hybridized carbons (Fsp3) is 0.500. The second-order valence-corrected chi connectivity index (χ2v) is 4.09. The molecular weight excluding hydrogens is 186 g/mol. The fourth-order valence-electron chi connectivity index (χ4n) is 1.28. The highest BCUT2D eigenvalue weighted by atomic mass is 32.2. The van der Waals surface area contributed by atoms with Crippen molar-refractivity contribution in [2.24, 2.45) is 0 Å². The van der Waals surface area contributed by atoms with Crippen LogP contribution >= 0.6 is 11.8 Å². The molecule has 1 fully saturated rings. The number of hydrogen-bond donors (Lipinski definition) is 1. The molecule has 0 radical (unpaired) electrons. The van der Waals surface area contributed by atoms with Gasteiger partial charge in [-0.05, 0) is 6.92 Å². The maximum atomic E-state index is 7.59. The molecule has 0 amide bonds. The molecule has 1 aliphatic rings. The molecule has 0 aromatic carbocycles. The number of nitrogens with one attached hydrogen (secondary N) is 1. The van der Waals surface area contributed by atoms with Gasteiger partial charge in [-0.2, -0.15) is 0 Å². The van der Waals surface area contributed by atoms with E-state index in [2.05, 4.69) is 5.16 Å². The van der Waals surface area contributed by atoms with Crippen LogP contribution in [0.1, 0.15) is 11.5 Å². The molecule has 1 aromatic heterocycles. The number of amidine groups is 1. The zero-order valence-corrected chi connectivity index (χ0v) is 8.23. The van der Waals surface area contributed by atoms with Gasteiger partial charge >= 0.3 is 0 Å². The van der Waals surface area contributed by atoms with E-state index in [0.29, 0.717) is 11.7 Å². The molecule has 13 heavy (non-hydrogen) atoms. The lowest BCUT2D eigenvalue weighted by molar-refractivity contribution is 0.329. The van der Waals surface area contributed by atoms with Gasteiger partial charge in [0.15, 0.2) is 10.9 Å². The Labute approximate surface area is 80.8 Å². The molecule has 0 bridgehead atoms. The van der Waals surface area contributed by atoms with Crippen molar-refractivity contribution in [1.29, 1.82) is 5.41 Å². The van der Waals surface area contributed by atoms with E-state index in [0.717, 1.165) is 23.8 Å². The lowest BCUT2D eigenvalue weighted by Gasteiger charge is -2.13. The van der Waals surface area contributed by atoms with Gasteiger partial charge < -0.3 is 9.42 Å². The number of nitrogens with zero attached hydrogens (tertiary/aromatic N) is 2. The highest BCUT2D eigenvalue weighted by molar-refractivity contribution is 8.14. The van der Waals surface area contributed by atoms with Crippen molar-refractivity contribution < 1.29 is 4.52 Å². The summed E-state index contributed by atoms with van der Waals surface area (Å²) >= 11 is 1.58. The van der Waals surface area contributed by atoms with Gasteiger partial charge in [-0.1, -0.05) is 16.9 Å². The summed E-state index contributed by atoms with van der Waals surface area (Å²) in [5.74, 6) is 1.84. The molecule has 0 unspecified atom stereocenters. The van der Waals surface area contributed by atoms with Crippen LogP contribution in [0.25, 0.3) is 0 Å². The van der Waals surface area contributed by atoms with Gasteiger partial charge in [0.25, 0.3) is 0 Å². The molecule has 1 aromatic rings. The van der Waals surface area contributed by atoms with Crippen LogP contribution in [0.5, 0.6) is 0 Å². The lowest BCUT2D eigenvalue weighted by Crippen LogP contribution is -2.22. The summed E-state index contributed by atoms with van der Waals surface area (Å²) in [7, 11) is 0. The van der Waals surface area contributed by atoms with Crippen LogP contribution in [0.2, 0.25) is 0 Å². The maximum Gasteiger partial charge on any atom is 0.156 e. The van der Waals surface area contributed by atoms with Crippen molar-refractivity contribution in [1.82, 2.24) is 10.1 Å². The van der Waals surface area contributed by atoms with E-state index >= 15 is 0 Å². The van der Waals surface area contributed by atoms with Gasteiger partial charge in [0.2, 0.25) is 0 Å². The van der Waals surface area contributed by atoms with Crippen molar-refractivity contribution in [3.63, 3.8) is 0 Å². The molecule has 0 saturated carbocycles. The van der Waals surface area contributed by atoms with Crippen LogP contribution in [-0.4, -0.2) is 27.5 Å². The summed E-state index contributed by atoms with van der Waals surface area (Å²) in [6.07, 6.45) is 0. The topological polar surface area (TPSA) is 53.1 Å². The molecule has 2 heterocycles. The molecule has 1 N–H and O–H groups in total. The molecule has 5 heteroatoms. The molecule has 1 saturated heterocycles. The SMILES string of the molecule is Cc1cc(CN2CCSC2=N)on1. The lowest BCUT2D eigenvalue weighted by atomic mass is 10.3. The van der Waals surface area contributed by atoms with Crippen LogP contribution in [0.15, 0.2) is 10.6 Å². The van der Waals surface area contributed by atoms with Crippen LogP contribution in [0.4, 0.5) is 0 Å². The minimum absolute atomic E-state index is 0.633. The first-order valence-corrected chi connectivity index (χ1v) is 5.13. The van der Waals surface area contributed by atoms with Crippen molar-refractivity contribution in [2.75, 3.05) is 12.3 Å². The summed E-state index contributed by atoms with van der Waals surface area (Å²) in [6, 6.07) is 1.91. The summed E-state index contributed by atoms with van der Waals surface area (Å²) in [5, 5.41) is 12.0. The number of rotatable bonds is 2. The molecule has 4 nitrogen and oxygen atoms in total. The Hall–Kier alpha value is -0.970. The summed E-state index contributed by atoms with van der Waals surface area (Å²) in [6.45, 7) is 3.51. The summed E-state index contributed by atoms with van der Waals surface area (Å²) in [5.41, 5.74) is 0.897. The van der Waals surface area contributed by atoms with E-state index in [4.69, 9.17) is 9.93 Å². The van der Waals surface area contributed by atoms with Crippen molar-refractivity contribution in [3.05, 3.63) is 17.5 Å². The first-order chi connectivity index (χ1) is 6.25. The second kappa shape index (κ2) is 3.41. The number of aryl methyl sites for hydroxylation is 1. The highest BCUT2D eigenvalue weighted by Crippen LogP contribution is 2.18. The quantitative estimate of drug-likeness (QED) is 0.780. The zero-order valence-electron chi connectivity index (χ0n) is 7.41. The first kappa shape index (κ1) is 8.62. The van der Waals surface area contributed by atoms with Crippen LogP contribution in [-0.2, 0) is 6.54 Å². The van der Waals surface area contributed by atoms with Crippen molar-refractivity contribution in [2.45, 2.75) is 13.5 Å². The van der Waals surface area contributed by atoms with Gasteiger partial charge in [-0.25, -0.2) is 0 Å². The second-order valence-electron chi connectivity index (χ2n) is 3.01. The van der Waals surface area contributed by atoms with Crippen molar-refractivity contribution in [3.8, 4) is 0 Å². The van der Waals surface area contributed by atoms with Gasteiger partial charge in [-0.3, -0.25) is 5.41 Å². The average Bonchev–Trinajstić information content (AvgIpc) is 2.64. The Morgan fingerprint density at radius 1 is 1.77 bits per heavy atom. The standard InChI is InChI=1S/C8H11N3OS/c1-6-4-7(12-10-6)5-11-2-3-13-8(11)9/h4,9H,2-3,5H2,1H3. The Balaban J connectivity index is 2.01. The Bertz CT molecular complexity index is 323. The molecule has 70 valence electrons. The number of thioether (sulfide) groups is 1. The maximum absolute atomic E-state index is 7.59. The van der Waals surface area contributed by atoms with Gasteiger partial charge in [0, 0.05) is 18.4 Å². The Morgan fingerprint density at radius 2 is 2.62 bits per heavy atom. The summed E-state index contributed by atoms with van der Waals surface area (Å²) in [4.78, 5) is 1.99. The van der Waals surface area contributed by atoms with E-state index in [1.807, 2.05) is 17.9 Å². The molecule has 0 aliphatic carbocycles. The minimum atomic E-state index is 0.633. The van der Waals surface area contributed by atoms with Gasteiger partial charge in [0.05, 0.1) is 12.2 Å². The number of aromatic nitrogens is 1. The van der Waals surface area contributed by atoms with Crippen LogP contribution in [0, 0.1) is 12.3 Å². The molecular formula is C8H11N3OS. The van der Waals surface area contributed by atoms with E-state index in [-0.39, 0.29) is 0 Å². The average molecular weight is 197 g/mol. The Morgan fingerprint density at radius 3 is 3.15 bits per heavy atom. The third kappa shape index (κ3) is 1.85. The fourth-order valence-corrected chi connectivity index (χ4v) is 2.12. The van der Waals surface area contributed by atoms with Crippen molar-refractivity contribution >= 4 is 16.9 Å². The largest absolute Gasteiger partial charge is 0.359 e. The van der Waals surface area contributed by atoms with Crippen LogP contribution < -0.4 is 0 Å². The minimum Gasteiger partial charge on any atom is -0.359 e. The van der Waals surface area contributed by atoms with E-state index in [9.17, 15) is 0 Å². The van der Waals surface area contributed by atoms with Crippen LogP contribution in [0.3, 0.4) is 0 Å². The third-order valence-corrected chi connectivity index (χ3v) is 2.83. The third-order valence-electron chi connectivity index (χ3n) is 1.91. The zero-order chi connectivity index (χ0) is 9.26. The molecule has 0 atom stereocenters. The van der Waals surface area contributed by atoms with Gasteiger partial charge in [-0.15, -0.1) is 0 Å².